The van der Waals surface area contributed by atoms with Crippen molar-refractivity contribution in [3.8, 4) is 5.75 Å². The summed E-state index contributed by atoms with van der Waals surface area (Å²) in [6.45, 7) is 0. The summed E-state index contributed by atoms with van der Waals surface area (Å²) >= 11 is 6.62. The van der Waals surface area contributed by atoms with Crippen LogP contribution in [0.4, 0.5) is 21.9 Å². The van der Waals surface area contributed by atoms with Gasteiger partial charge in [0.2, 0.25) is 0 Å². The Labute approximate surface area is 211 Å². The van der Waals surface area contributed by atoms with Gasteiger partial charge in [0.15, 0.2) is 0 Å². The maximum atomic E-state index is 12.7. The van der Waals surface area contributed by atoms with E-state index in [4.69, 9.17) is 16.3 Å². The number of thioether (sulfide) groups is 1. The number of esters is 1. The number of non-ortho nitro benzene ring substituents is 2. The Hall–Kier alpha value is -4.55. The molecule has 0 unspecified atom stereocenters. The third-order valence-electron chi connectivity index (χ3n) is 4.83. The second-order valence-corrected chi connectivity index (χ2v) is 8.63. The van der Waals surface area contributed by atoms with Crippen LogP contribution >= 0.6 is 23.4 Å². The second-order valence-electron chi connectivity index (χ2n) is 7.20. The van der Waals surface area contributed by atoms with Crippen LogP contribution in [0.2, 0.25) is 5.02 Å². The van der Waals surface area contributed by atoms with Crippen molar-refractivity contribution < 1.29 is 29.0 Å². The molecular formula is C23H12ClN3O8S. The largest absolute Gasteiger partial charge is 0.423 e. The van der Waals surface area contributed by atoms with Crippen LogP contribution in [0.15, 0.2) is 71.6 Å². The number of rotatable bonds is 6. The van der Waals surface area contributed by atoms with Crippen molar-refractivity contribution in [1.82, 2.24) is 0 Å². The summed E-state index contributed by atoms with van der Waals surface area (Å²) in [5, 5.41) is 22.0. The van der Waals surface area contributed by atoms with Crippen LogP contribution in [0.3, 0.4) is 0 Å². The Morgan fingerprint density at radius 1 is 0.917 bits per heavy atom. The van der Waals surface area contributed by atoms with Gasteiger partial charge in [0.1, 0.15) is 5.75 Å². The van der Waals surface area contributed by atoms with Gasteiger partial charge >= 0.3 is 5.97 Å². The molecule has 0 atom stereocenters. The minimum absolute atomic E-state index is 0.0561. The fraction of sp³-hybridized carbons (Fsp3) is 0. The summed E-state index contributed by atoms with van der Waals surface area (Å²) in [4.78, 5) is 59.1. The van der Waals surface area contributed by atoms with E-state index in [2.05, 4.69) is 0 Å². The van der Waals surface area contributed by atoms with E-state index < -0.39 is 38.3 Å². The first-order chi connectivity index (χ1) is 17.1. The number of amides is 2. The Kier molecular flexibility index (Phi) is 6.81. The first-order valence-electron chi connectivity index (χ1n) is 9.92. The van der Waals surface area contributed by atoms with Crippen LogP contribution in [0.25, 0.3) is 6.08 Å². The predicted octanol–water partition coefficient (Wildman–Crippen LogP) is 5.62. The van der Waals surface area contributed by atoms with E-state index in [0.717, 1.165) is 34.9 Å². The number of imide groups is 1. The summed E-state index contributed by atoms with van der Waals surface area (Å²) in [6, 6.07) is 14.6. The fourth-order valence-corrected chi connectivity index (χ4v) is 4.12. The van der Waals surface area contributed by atoms with E-state index in [-0.39, 0.29) is 16.2 Å². The molecule has 3 aromatic carbocycles. The number of halogens is 1. The van der Waals surface area contributed by atoms with Gasteiger partial charge in [-0.2, -0.15) is 0 Å². The molecule has 0 aliphatic carbocycles. The Balaban J connectivity index is 1.50. The highest BCUT2D eigenvalue weighted by Gasteiger charge is 2.36. The molecule has 0 N–H and O–H groups in total. The molecule has 11 nitrogen and oxygen atoms in total. The lowest BCUT2D eigenvalue weighted by Crippen LogP contribution is -2.27. The maximum absolute atomic E-state index is 12.7. The molecule has 13 heteroatoms. The number of carbonyl (C=O) groups excluding carboxylic acids is 3. The standard InChI is InChI=1S/C23H12ClN3O8S/c24-15-3-5-16(6-4-15)25-21(28)20(36-23(25)30)9-13-1-7-19(8-2-13)35-22(29)14-10-17(26(31)32)12-18(11-14)27(33)34/h1-12H/b20-9-. The number of ether oxygens (including phenoxy) is 1. The molecule has 0 saturated carbocycles. The second kappa shape index (κ2) is 9.98. The Morgan fingerprint density at radius 2 is 1.50 bits per heavy atom. The number of carbonyl (C=O) groups is 3. The summed E-state index contributed by atoms with van der Waals surface area (Å²) in [7, 11) is 0. The Bertz CT molecular complexity index is 1420. The van der Waals surface area contributed by atoms with Crippen LogP contribution in [0.5, 0.6) is 5.75 Å². The quantitative estimate of drug-likeness (QED) is 0.131. The van der Waals surface area contributed by atoms with Crippen LogP contribution in [-0.4, -0.2) is 27.0 Å². The Morgan fingerprint density at radius 3 is 2.06 bits per heavy atom. The van der Waals surface area contributed by atoms with E-state index in [9.17, 15) is 34.6 Å². The zero-order chi connectivity index (χ0) is 26.0. The summed E-state index contributed by atoms with van der Waals surface area (Å²) < 4.78 is 5.17. The van der Waals surface area contributed by atoms with Crippen molar-refractivity contribution in [1.29, 1.82) is 0 Å². The molecule has 0 radical (unpaired) electrons. The lowest BCUT2D eigenvalue weighted by atomic mass is 10.1. The average molecular weight is 526 g/mol. The van der Waals surface area contributed by atoms with E-state index in [1.54, 1.807) is 24.3 Å². The third-order valence-corrected chi connectivity index (χ3v) is 5.95. The molecule has 1 fully saturated rings. The minimum atomic E-state index is -1.03. The number of nitro benzene ring substituents is 2. The molecular weight excluding hydrogens is 514 g/mol. The predicted molar refractivity (Wildman–Crippen MR) is 131 cm³/mol. The molecule has 0 aromatic heterocycles. The van der Waals surface area contributed by atoms with Gasteiger partial charge < -0.3 is 4.74 Å². The summed E-state index contributed by atoms with van der Waals surface area (Å²) in [5.41, 5.74) is -0.703. The van der Waals surface area contributed by atoms with Gasteiger partial charge in [-0.3, -0.25) is 29.8 Å². The molecule has 180 valence electrons. The van der Waals surface area contributed by atoms with Crippen LogP contribution in [-0.2, 0) is 4.79 Å². The van der Waals surface area contributed by atoms with Gasteiger partial charge in [-0.15, -0.1) is 0 Å². The van der Waals surface area contributed by atoms with Crippen molar-refractivity contribution >= 4 is 63.6 Å². The fourth-order valence-electron chi connectivity index (χ4n) is 3.15. The molecule has 1 aliphatic heterocycles. The van der Waals surface area contributed by atoms with Gasteiger partial charge in [-0.25, -0.2) is 9.69 Å². The lowest BCUT2D eigenvalue weighted by Gasteiger charge is -2.12. The summed E-state index contributed by atoms with van der Waals surface area (Å²) in [5.74, 6) is -1.48. The maximum Gasteiger partial charge on any atom is 0.344 e. The average Bonchev–Trinajstić information content (AvgIpc) is 3.13. The van der Waals surface area contributed by atoms with Gasteiger partial charge in [-0.1, -0.05) is 23.7 Å². The van der Waals surface area contributed by atoms with Crippen molar-refractivity contribution in [3.05, 3.63) is 108 Å². The molecule has 36 heavy (non-hydrogen) atoms. The number of benzene rings is 3. The smallest absolute Gasteiger partial charge is 0.344 e. The van der Waals surface area contributed by atoms with Crippen molar-refractivity contribution in [2.75, 3.05) is 4.90 Å². The van der Waals surface area contributed by atoms with Crippen molar-refractivity contribution in [2.45, 2.75) is 0 Å². The first-order valence-corrected chi connectivity index (χ1v) is 11.1. The summed E-state index contributed by atoms with van der Waals surface area (Å²) in [6.07, 6.45) is 1.50. The van der Waals surface area contributed by atoms with Gasteiger partial charge in [0.05, 0.1) is 32.1 Å². The van der Waals surface area contributed by atoms with Gasteiger partial charge in [0, 0.05) is 17.2 Å². The minimum Gasteiger partial charge on any atom is -0.423 e. The van der Waals surface area contributed by atoms with Crippen LogP contribution in [0, 0.1) is 20.2 Å². The van der Waals surface area contributed by atoms with E-state index in [1.165, 1.54) is 30.3 Å². The van der Waals surface area contributed by atoms with E-state index in [0.29, 0.717) is 16.3 Å². The highest BCUT2D eigenvalue weighted by Crippen LogP contribution is 2.36. The normalized spacial score (nSPS) is 14.2. The molecule has 2 amide bonds. The molecule has 3 aromatic rings. The van der Waals surface area contributed by atoms with Crippen LogP contribution < -0.4 is 9.64 Å². The number of nitrogens with zero attached hydrogens (tertiary/aromatic N) is 3. The lowest BCUT2D eigenvalue weighted by molar-refractivity contribution is -0.394. The first kappa shape index (κ1) is 24.6. The van der Waals surface area contributed by atoms with Gasteiger partial charge in [-0.05, 0) is 59.8 Å². The molecule has 0 spiro atoms. The number of hydrogen-bond donors (Lipinski definition) is 0. The molecule has 4 rings (SSSR count). The topological polar surface area (TPSA) is 150 Å². The van der Waals surface area contributed by atoms with Gasteiger partial charge in [0.25, 0.3) is 22.5 Å². The van der Waals surface area contributed by atoms with Crippen molar-refractivity contribution in [2.24, 2.45) is 0 Å². The number of hydrogen-bond acceptors (Lipinski definition) is 9. The van der Waals surface area contributed by atoms with E-state index >= 15 is 0 Å². The third kappa shape index (κ3) is 5.24. The number of anilines is 1. The number of nitro groups is 2. The highest BCUT2D eigenvalue weighted by atomic mass is 35.5. The zero-order valence-corrected chi connectivity index (χ0v) is 19.4. The molecule has 1 aliphatic rings. The van der Waals surface area contributed by atoms with E-state index in [1.807, 2.05) is 0 Å². The van der Waals surface area contributed by atoms with Crippen molar-refractivity contribution in [3.63, 3.8) is 0 Å². The SMILES string of the molecule is O=C(Oc1ccc(/C=C2\SC(=O)N(c3ccc(Cl)cc3)C2=O)cc1)c1cc([N+](=O)[O-])cc([N+](=O)[O-])c1. The highest BCUT2D eigenvalue weighted by molar-refractivity contribution is 8.19. The molecule has 1 saturated heterocycles. The molecule has 0 bridgehead atoms. The molecule has 1 heterocycles. The zero-order valence-electron chi connectivity index (χ0n) is 17.8. The monoisotopic (exact) mass is 525 g/mol. The van der Waals surface area contributed by atoms with Crippen LogP contribution in [0.1, 0.15) is 15.9 Å².